The first-order chi connectivity index (χ1) is 5.50. The van der Waals surface area contributed by atoms with Gasteiger partial charge >= 0.3 is 0 Å². The average Bonchev–Trinajstić information content (AvgIpc) is 1.98. The minimum absolute atomic E-state index is 0.209. The van der Waals surface area contributed by atoms with Crippen molar-refractivity contribution in [3.05, 3.63) is 0 Å². The van der Waals surface area contributed by atoms with Crippen LogP contribution in [0.25, 0.3) is 0 Å². The van der Waals surface area contributed by atoms with Crippen molar-refractivity contribution in [2.75, 3.05) is 0 Å². The van der Waals surface area contributed by atoms with Crippen LogP contribution in [-0.2, 0) is 4.79 Å². The predicted octanol–water partition coefficient (Wildman–Crippen LogP) is 3.75. The SMILES string of the molecule is CCCCCCC(C)(C)C(=O)Cl. The fraction of sp³-hybridized carbons (Fsp3) is 0.900. The quantitative estimate of drug-likeness (QED) is 0.461. The normalized spacial score (nSPS) is 11.7. The van der Waals surface area contributed by atoms with Gasteiger partial charge in [-0.1, -0.05) is 46.5 Å². The van der Waals surface area contributed by atoms with Gasteiger partial charge in [-0.05, 0) is 18.0 Å². The smallest absolute Gasteiger partial charge is 0.227 e. The third kappa shape index (κ3) is 4.76. The lowest BCUT2D eigenvalue weighted by Crippen LogP contribution is -2.18. The number of hydrogen-bond acceptors (Lipinski definition) is 1. The molecule has 0 radical (unpaired) electrons. The average molecular weight is 191 g/mol. The minimum Gasteiger partial charge on any atom is -0.281 e. The van der Waals surface area contributed by atoms with E-state index < -0.39 is 0 Å². The van der Waals surface area contributed by atoms with Crippen molar-refractivity contribution in [2.45, 2.75) is 52.9 Å². The number of carbonyl (C=O) groups excluding carboxylic acids is 1. The second kappa shape index (κ2) is 5.58. The highest BCUT2D eigenvalue weighted by molar-refractivity contribution is 6.64. The van der Waals surface area contributed by atoms with Crippen LogP contribution in [0.3, 0.4) is 0 Å². The van der Waals surface area contributed by atoms with Crippen molar-refractivity contribution in [1.82, 2.24) is 0 Å². The summed E-state index contributed by atoms with van der Waals surface area (Å²) < 4.78 is 0. The molecule has 2 heteroatoms. The summed E-state index contributed by atoms with van der Waals surface area (Å²) in [7, 11) is 0. The molecule has 0 saturated heterocycles. The molecule has 72 valence electrons. The molecule has 0 aliphatic rings. The van der Waals surface area contributed by atoms with Gasteiger partial charge in [0.2, 0.25) is 5.24 Å². The van der Waals surface area contributed by atoms with E-state index >= 15 is 0 Å². The van der Waals surface area contributed by atoms with Crippen LogP contribution in [0.5, 0.6) is 0 Å². The standard InChI is InChI=1S/C10H19ClO/c1-4-5-6-7-8-10(2,3)9(11)12/h4-8H2,1-3H3. The summed E-state index contributed by atoms with van der Waals surface area (Å²) in [5.74, 6) is 0. The van der Waals surface area contributed by atoms with Gasteiger partial charge in [0.1, 0.15) is 0 Å². The van der Waals surface area contributed by atoms with Crippen LogP contribution in [0.1, 0.15) is 52.9 Å². The summed E-state index contributed by atoms with van der Waals surface area (Å²) >= 11 is 5.44. The molecule has 0 aromatic heterocycles. The highest BCUT2D eigenvalue weighted by atomic mass is 35.5. The topological polar surface area (TPSA) is 17.1 Å². The highest BCUT2D eigenvalue weighted by Crippen LogP contribution is 2.26. The summed E-state index contributed by atoms with van der Waals surface area (Å²) in [6.45, 7) is 6.00. The van der Waals surface area contributed by atoms with Gasteiger partial charge in [-0.3, -0.25) is 4.79 Å². The summed E-state index contributed by atoms with van der Waals surface area (Å²) in [6.07, 6.45) is 5.72. The number of unbranched alkanes of at least 4 members (excludes halogenated alkanes) is 3. The Morgan fingerprint density at radius 2 is 1.83 bits per heavy atom. The molecule has 0 aliphatic carbocycles. The molecule has 0 heterocycles. The zero-order valence-corrected chi connectivity index (χ0v) is 9.08. The highest BCUT2D eigenvalue weighted by Gasteiger charge is 2.24. The molecule has 0 N–H and O–H groups in total. The van der Waals surface area contributed by atoms with Gasteiger partial charge in [-0.15, -0.1) is 0 Å². The van der Waals surface area contributed by atoms with Gasteiger partial charge < -0.3 is 0 Å². The van der Waals surface area contributed by atoms with E-state index in [-0.39, 0.29) is 10.7 Å². The molecule has 0 aromatic carbocycles. The fourth-order valence-electron chi connectivity index (χ4n) is 1.09. The third-order valence-corrected chi connectivity index (χ3v) is 2.70. The molecule has 0 atom stereocenters. The Balaban J connectivity index is 3.54. The van der Waals surface area contributed by atoms with Crippen molar-refractivity contribution in [3.8, 4) is 0 Å². The molecule has 12 heavy (non-hydrogen) atoms. The Labute approximate surface area is 80.5 Å². The summed E-state index contributed by atoms with van der Waals surface area (Å²) in [4.78, 5) is 10.9. The second-order valence-corrected chi connectivity index (χ2v) is 4.31. The monoisotopic (exact) mass is 190 g/mol. The van der Waals surface area contributed by atoms with Crippen molar-refractivity contribution in [1.29, 1.82) is 0 Å². The molecule has 0 spiro atoms. The predicted molar refractivity (Wildman–Crippen MR) is 53.4 cm³/mol. The zero-order valence-electron chi connectivity index (χ0n) is 8.32. The molecule has 0 unspecified atom stereocenters. The van der Waals surface area contributed by atoms with Crippen LogP contribution in [0.4, 0.5) is 0 Å². The summed E-state index contributed by atoms with van der Waals surface area (Å²) in [5, 5.41) is -0.209. The number of halogens is 1. The summed E-state index contributed by atoms with van der Waals surface area (Å²) in [5.41, 5.74) is -0.324. The van der Waals surface area contributed by atoms with Crippen LogP contribution in [0, 0.1) is 5.41 Å². The molecule has 0 bridgehead atoms. The van der Waals surface area contributed by atoms with E-state index in [9.17, 15) is 4.79 Å². The van der Waals surface area contributed by atoms with Gasteiger partial charge in [0.05, 0.1) is 0 Å². The third-order valence-electron chi connectivity index (χ3n) is 2.19. The van der Waals surface area contributed by atoms with Crippen LogP contribution >= 0.6 is 11.6 Å². The molecule has 1 nitrogen and oxygen atoms in total. The molecule has 0 fully saturated rings. The van der Waals surface area contributed by atoms with Gasteiger partial charge in [-0.25, -0.2) is 0 Å². The Morgan fingerprint density at radius 3 is 2.25 bits per heavy atom. The van der Waals surface area contributed by atoms with Crippen LogP contribution in [0.2, 0.25) is 0 Å². The van der Waals surface area contributed by atoms with E-state index in [1.165, 1.54) is 19.3 Å². The zero-order chi connectivity index (χ0) is 9.61. The summed E-state index contributed by atoms with van der Waals surface area (Å²) in [6, 6.07) is 0. The van der Waals surface area contributed by atoms with Crippen LogP contribution in [-0.4, -0.2) is 5.24 Å². The first-order valence-corrected chi connectivity index (χ1v) is 5.08. The molecule has 0 amide bonds. The molecule has 0 aromatic rings. The van der Waals surface area contributed by atoms with Crippen molar-refractivity contribution < 1.29 is 4.79 Å². The lowest BCUT2D eigenvalue weighted by Gasteiger charge is -2.18. The molecule has 0 rings (SSSR count). The first kappa shape index (κ1) is 12.0. The maximum Gasteiger partial charge on any atom is 0.227 e. The van der Waals surface area contributed by atoms with E-state index in [2.05, 4.69) is 6.92 Å². The van der Waals surface area contributed by atoms with Crippen molar-refractivity contribution in [2.24, 2.45) is 5.41 Å². The molecule has 0 saturated carbocycles. The van der Waals surface area contributed by atoms with Crippen molar-refractivity contribution >= 4 is 16.8 Å². The number of rotatable bonds is 6. The molecular formula is C10H19ClO. The second-order valence-electron chi connectivity index (χ2n) is 3.97. The van der Waals surface area contributed by atoms with Crippen LogP contribution in [0.15, 0.2) is 0 Å². The minimum atomic E-state index is -0.324. The van der Waals surface area contributed by atoms with E-state index in [0.29, 0.717) is 0 Å². The van der Waals surface area contributed by atoms with Gasteiger partial charge in [0.25, 0.3) is 0 Å². The molecule has 0 aliphatic heterocycles. The van der Waals surface area contributed by atoms with Gasteiger partial charge in [-0.2, -0.15) is 0 Å². The maximum atomic E-state index is 10.9. The van der Waals surface area contributed by atoms with Gasteiger partial charge in [0.15, 0.2) is 0 Å². The first-order valence-electron chi connectivity index (χ1n) is 4.70. The van der Waals surface area contributed by atoms with E-state index in [1.54, 1.807) is 0 Å². The Kier molecular flexibility index (Phi) is 5.56. The van der Waals surface area contributed by atoms with Crippen molar-refractivity contribution in [3.63, 3.8) is 0 Å². The Morgan fingerprint density at radius 1 is 1.25 bits per heavy atom. The Bertz CT molecular complexity index is 141. The van der Waals surface area contributed by atoms with Crippen LogP contribution < -0.4 is 0 Å². The molecular weight excluding hydrogens is 172 g/mol. The van der Waals surface area contributed by atoms with E-state index in [4.69, 9.17) is 11.6 Å². The Hall–Kier alpha value is -0.0400. The largest absolute Gasteiger partial charge is 0.281 e. The fourth-order valence-corrected chi connectivity index (χ4v) is 1.19. The lowest BCUT2D eigenvalue weighted by molar-refractivity contribution is -0.119. The maximum absolute atomic E-state index is 10.9. The van der Waals surface area contributed by atoms with E-state index in [1.807, 2.05) is 13.8 Å². The van der Waals surface area contributed by atoms with Gasteiger partial charge in [0, 0.05) is 5.41 Å². The number of carbonyl (C=O) groups is 1. The number of hydrogen-bond donors (Lipinski definition) is 0. The lowest BCUT2D eigenvalue weighted by atomic mass is 9.88. The van der Waals surface area contributed by atoms with E-state index in [0.717, 1.165) is 12.8 Å².